The van der Waals surface area contributed by atoms with Gasteiger partial charge in [-0.1, -0.05) is 19.3 Å². The zero-order chi connectivity index (χ0) is 17.7. The molecule has 0 aliphatic carbocycles. The summed E-state index contributed by atoms with van der Waals surface area (Å²) in [6.45, 7) is 11.4. The Bertz CT molecular complexity index is 413. The van der Waals surface area contributed by atoms with E-state index in [4.69, 9.17) is 5.32 Å². The normalized spacial score (nSPS) is 37.2. The fraction of sp³-hybridized carbons (Fsp3) is 1.00. The van der Waals surface area contributed by atoms with Gasteiger partial charge in [-0.05, 0) is 51.7 Å². The molecule has 0 aromatic heterocycles. The molecule has 4 aliphatic heterocycles. The minimum Gasteiger partial charge on any atom is -0.314 e. The van der Waals surface area contributed by atoms with Gasteiger partial charge in [0.1, 0.15) is 6.17 Å². The Kier molecular flexibility index (Phi) is 6.83. The first-order chi connectivity index (χ1) is 12.9. The van der Waals surface area contributed by atoms with Gasteiger partial charge < -0.3 is 5.32 Å². The van der Waals surface area contributed by atoms with E-state index in [0.717, 1.165) is 39.3 Å². The maximum absolute atomic E-state index is 5.52. The summed E-state index contributed by atoms with van der Waals surface area (Å²) < 4.78 is 0. The van der Waals surface area contributed by atoms with Crippen molar-refractivity contribution < 1.29 is 0 Å². The highest BCUT2D eigenvalue weighted by Crippen LogP contribution is 2.31. The van der Waals surface area contributed by atoms with Crippen molar-refractivity contribution in [3.05, 3.63) is 0 Å². The summed E-state index contributed by atoms with van der Waals surface area (Å²) in [6, 6.07) is 0. The van der Waals surface area contributed by atoms with E-state index in [9.17, 15) is 0 Å². The average molecular weight is 364 g/mol. The summed E-state index contributed by atoms with van der Waals surface area (Å²) in [5, 5.41) is 13.1. The van der Waals surface area contributed by atoms with Gasteiger partial charge in [0.2, 0.25) is 0 Å². The fourth-order valence-electron chi connectivity index (χ4n) is 5.48. The summed E-state index contributed by atoms with van der Waals surface area (Å²) in [5.74, 6) is -0.166. The van der Waals surface area contributed by atoms with Gasteiger partial charge in [-0.25, -0.2) is 5.32 Å². The second-order valence-corrected chi connectivity index (χ2v) is 8.51. The Hall–Kier alpha value is -0.240. The summed E-state index contributed by atoms with van der Waals surface area (Å²) >= 11 is 0. The number of nitrogens with one attached hydrogen (secondary N) is 2. The zero-order valence-electron chi connectivity index (χ0n) is 16.6. The monoisotopic (exact) mass is 363 g/mol. The first-order valence-corrected chi connectivity index (χ1v) is 11.3. The fourth-order valence-corrected chi connectivity index (χ4v) is 5.48. The molecule has 2 atom stereocenters. The van der Waals surface area contributed by atoms with Crippen molar-refractivity contribution in [3.63, 3.8) is 0 Å². The minimum absolute atomic E-state index is 0.166. The van der Waals surface area contributed by atoms with Gasteiger partial charge in [-0.15, -0.1) is 0 Å². The molecule has 0 amide bonds. The van der Waals surface area contributed by atoms with Crippen molar-refractivity contribution in [3.8, 4) is 0 Å². The number of likely N-dealkylation sites (tertiary alicyclic amines) is 2. The summed E-state index contributed by atoms with van der Waals surface area (Å²) in [4.78, 5) is 8.25. The van der Waals surface area contributed by atoms with Gasteiger partial charge in [-0.2, -0.15) is 0 Å². The molecule has 4 heterocycles. The molecule has 4 fully saturated rings. The van der Waals surface area contributed by atoms with Crippen LogP contribution in [0.15, 0.2) is 0 Å². The molecule has 0 spiro atoms. The highest BCUT2D eigenvalue weighted by atomic mass is 15.6. The van der Waals surface area contributed by atoms with Gasteiger partial charge in [0.15, 0.2) is 5.79 Å². The zero-order valence-corrected chi connectivity index (χ0v) is 16.6. The Labute approximate surface area is 160 Å². The lowest BCUT2D eigenvalue weighted by molar-refractivity contribution is -0.150. The minimum atomic E-state index is -0.166. The molecule has 6 nitrogen and oxygen atoms in total. The molecule has 0 bridgehead atoms. The van der Waals surface area contributed by atoms with Crippen LogP contribution in [0.3, 0.4) is 0 Å². The SMILES string of the molecule is C1CCN(C2NCCC[N]C2(N2CCCCCC2)N2CCNCC2)CC1. The third-order valence-electron chi connectivity index (χ3n) is 6.79. The van der Waals surface area contributed by atoms with Crippen molar-refractivity contribution >= 4 is 0 Å². The van der Waals surface area contributed by atoms with Crippen molar-refractivity contribution in [1.29, 1.82) is 0 Å². The molecule has 1 radical (unpaired) electrons. The highest BCUT2D eigenvalue weighted by molar-refractivity contribution is 5.01. The lowest BCUT2D eigenvalue weighted by Gasteiger charge is -2.57. The molecular formula is C20H39N6. The van der Waals surface area contributed by atoms with Crippen molar-refractivity contribution in [2.75, 3.05) is 65.4 Å². The van der Waals surface area contributed by atoms with Crippen LogP contribution in [-0.4, -0.2) is 92.1 Å². The van der Waals surface area contributed by atoms with E-state index in [2.05, 4.69) is 25.3 Å². The highest BCUT2D eigenvalue weighted by Gasteiger charge is 2.52. The molecular weight excluding hydrogens is 324 g/mol. The predicted molar refractivity (Wildman–Crippen MR) is 106 cm³/mol. The van der Waals surface area contributed by atoms with Crippen LogP contribution >= 0.6 is 0 Å². The number of piperazine rings is 1. The van der Waals surface area contributed by atoms with Gasteiger partial charge >= 0.3 is 0 Å². The largest absolute Gasteiger partial charge is 0.314 e. The van der Waals surface area contributed by atoms with Crippen LogP contribution in [0.4, 0.5) is 0 Å². The quantitative estimate of drug-likeness (QED) is 0.778. The third-order valence-corrected chi connectivity index (χ3v) is 6.79. The van der Waals surface area contributed by atoms with E-state index >= 15 is 0 Å². The van der Waals surface area contributed by atoms with Gasteiger partial charge in [0.05, 0.1) is 0 Å². The second-order valence-electron chi connectivity index (χ2n) is 8.51. The van der Waals surface area contributed by atoms with Crippen LogP contribution in [0.25, 0.3) is 0 Å². The molecule has 149 valence electrons. The number of rotatable bonds is 3. The first kappa shape index (κ1) is 19.1. The van der Waals surface area contributed by atoms with E-state index in [1.807, 2.05) is 0 Å². The van der Waals surface area contributed by atoms with E-state index in [1.165, 1.54) is 77.5 Å². The number of piperidine rings is 1. The lowest BCUT2D eigenvalue weighted by Crippen LogP contribution is -2.79. The van der Waals surface area contributed by atoms with Crippen molar-refractivity contribution in [1.82, 2.24) is 30.7 Å². The van der Waals surface area contributed by atoms with E-state index in [0.29, 0.717) is 6.17 Å². The van der Waals surface area contributed by atoms with Crippen LogP contribution in [0.2, 0.25) is 0 Å². The Morgan fingerprint density at radius 1 is 0.654 bits per heavy atom. The number of hydrogen-bond acceptors (Lipinski definition) is 5. The van der Waals surface area contributed by atoms with Crippen molar-refractivity contribution in [2.24, 2.45) is 0 Å². The molecule has 26 heavy (non-hydrogen) atoms. The summed E-state index contributed by atoms with van der Waals surface area (Å²) in [6.07, 6.45) is 11.0. The molecule has 2 N–H and O–H groups in total. The lowest BCUT2D eigenvalue weighted by atomic mass is 10.0. The summed E-state index contributed by atoms with van der Waals surface area (Å²) in [5.41, 5.74) is 0. The van der Waals surface area contributed by atoms with Crippen molar-refractivity contribution in [2.45, 2.75) is 63.3 Å². The van der Waals surface area contributed by atoms with Gasteiger partial charge in [0, 0.05) is 45.8 Å². The average Bonchev–Trinajstić information content (AvgIpc) is 3.11. The Morgan fingerprint density at radius 2 is 1.27 bits per heavy atom. The molecule has 0 aromatic rings. The smallest absolute Gasteiger partial charge is 0.174 e. The molecule has 6 heteroatoms. The number of nitrogens with zero attached hydrogens (tertiary/aromatic N) is 4. The third kappa shape index (κ3) is 3.96. The van der Waals surface area contributed by atoms with E-state index in [-0.39, 0.29) is 5.79 Å². The molecule has 0 saturated carbocycles. The molecule has 4 saturated heterocycles. The van der Waals surface area contributed by atoms with Gasteiger partial charge in [0.25, 0.3) is 0 Å². The summed E-state index contributed by atoms with van der Waals surface area (Å²) in [7, 11) is 0. The maximum atomic E-state index is 5.52. The van der Waals surface area contributed by atoms with Crippen LogP contribution in [-0.2, 0) is 0 Å². The predicted octanol–water partition coefficient (Wildman–Crippen LogP) is 0.831. The van der Waals surface area contributed by atoms with Crippen LogP contribution < -0.4 is 16.0 Å². The van der Waals surface area contributed by atoms with E-state index < -0.39 is 0 Å². The van der Waals surface area contributed by atoms with E-state index in [1.54, 1.807) is 0 Å². The standard InChI is InChI=1S/C20H39N6/c1-2-7-16-25(15-6-1)20(26-17-11-21-12-18-26)19(22-9-8-10-23-20)24-13-4-3-5-14-24/h19,21-22H,1-18H2. The molecule has 4 aliphatic rings. The first-order valence-electron chi connectivity index (χ1n) is 11.3. The van der Waals surface area contributed by atoms with Crippen LogP contribution in [0.5, 0.6) is 0 Å². The van der Waals surface area contributed by atoms with Crippen LogP contribution in [0.1, 0.15) is 51.4 Å². The van der Waals surface area contributed by atoms with Gasteiger partial charge in [-0.3, -0.25) is 20.0 Å². The topological polar surface area (TPSA) is 47.9 Å². The second kappa shape index (κ2) is 9.30. The Balaban J connectivity index is 1.68. The maximum Gasteiger partial charge on any atom is 0.174 e. The van der Waals surface area contributed by atoms with Crippen LogP contribution in [0, 0.1) is 0 Å². The Morgan fingerprint density at radius 3 is 2.00 bits per heavy atom. The molecule has 0 aromatic carbocycles. The molecule has 4 rings (SSSR count). The number of hydrogen-bond donors (Lipinski definition) is 2. The molecule has 2 unspecified atom stereocenters.